The van der Waals surface area contributed by atoms with Crippen molar-refractivity contribution in [1.29, 1.82) is 0 Å². The van der Waals surface area contributed by atoms with E-state index >= 15 is 0 Å². The first-order valence-corrected chi connectivity index (χ1v) is 7.01. The van der Waals surface area contributed by atoms with Crippen LogP contribution in [0.15, 0.2) is 23.1 Å². The number of aryl methyl sites for hydroxylation is 1. The van der Waals surface area contributed by atoms with Crippen LogP contribution < -0.4 is 5.32 Å². The number of thioether (sulfide) groups is 1. The van der Waals surface area contributed by atoms with Gasteiger partial charge in [0.1, 0.15) is 6.04 Å². The molecule has 0 spiro atoms. The van der Waals surface area contributed by atoms with Crippen LogP contribution >= 0.6 is 11.8 Å². The number of nitrogens with one attached hydrogen (secondary N) is 1. The van der Waals surface area contributed by atoms with Crippen LogP contribution in [0.5, 0.6) is 0 Å². The first-order valence-electron chi connectivity index (χ1n) is 5.78. The summed E-state index contributed by atoms with van der Waals surface area (Å²) in [6.07, 6.45) is 1.89. The van der Waals surface area contributed by atoms with Gasteiger partial charge in [0, 0.05) is 23.5 Å². The molecule has 1 amide bonds. The summed E-state index contributed by atoms with van der Waals surface area (Å²) >= 11 is 1.51. The molecule has 1 aromatic rings. The average Bonchev–Trinajstić information content (AvgIpc) is 2.38. The molecule has 0 fully saturated rings. The Morgan fingerprint density at radius 3 is 2.63 bits per heavy atom. The van der Waals surface area contributed by atoms with Crippen LogP contribution in [-0.4, -0.2) is 41.0 Å². The van der Waals surface area contributed by atoms with Crippen molar-refractivity contribution in [3.63, 3.8) is 0 Å². The minimum atomic E-state index is -1.15. The van der Waals surface area contributed by atoms with Gasteiger partial charge < -0.3 is 15.5 Å². The van der Waals surface area contributed by atoms with Gasteiger partial charge in [-0.15, -0.1) is 11.8 Å². The molecule has 0 aliphatic heterocycles. The number of carbonyl (C=O) groups is 2. The molecule has 5 nitrogen and oxygen atoms in total. The summed E-state index contributed by atoms with van der Waals surface area (Å²) in [5.41, 5.74) is 1.24. The third-order valence-corrected chi connectivity index (χ3v) is 3.44. The molecule has 0 saturated carbocycles. The molecule has 1 rings (SSSR count). The fourth-order valence-corrected chi connectivity index (χ4v) is 2.04. The Kier molecular flexibility index (Phi) is 5.85. The van der Waals surface area contributed by atoms with Crippen LogP contribution in [0.4, 0.5) is 0 Å². The lowest BCUT2D eigenvalue weighted by Crippen LogP contribution is -2.41. The number of hydrogen-bond donors (Lipinski definition) is 3. The van der Waals surface area contributed by atoms with E-state index in [0.29, 0.717) is 5.56 Å². The van der Waals surface area contributed by atoms with E-state index in [-0.39, 0.29) is 13.0 Å². The van der Waals surface area contributed by atoms with Crippen LogP contribution in [-0.2, 0) is 4.79 Å². The summed E-state index contributed by atoms with van der Waals surface area (Å²) in [4.78, 5) is 23.9. The minimum Gasteiger partial charge on any atom is -0.480 e. The van der Waals surface area contributed by atoms with Crippen molar-refractivity contribution in [3.8, 4) is 0 Å². The van der Waals surface area contributed by atoms with E-state index in [9.17, 15) is 9.59 Å². The maximum absolute atomic E-state index is 12.1. The van der Waals surface area contributed by atoms with Crippen molar-refractivity contribution < 1.29 is 19.8 Å². The maximum atomic E-state index is 12.1. The number of carboxylic acids is 1. The first-order chi connectivity index (χ1) is 8.99. The highest BCUT2D eigenvalue weighted by atomic mass is 32.2. The number of aliphatic hydroxyl groups is 1. The molecule has 1 aromatic carbocycles. The number of benzene rings is 1. The molecule has 0 saturated heterocycles. The van der Waals surface area contributed by atoms with Gasteiger partial charge in [-0.1, -0.05) is 6.07 Å². The number of amides is 1. The topological polar surface area (TPSA) is 86.6 Å². The number of rotatable bonds is 6. The van der Waals surface area contributed by atoms with Gasteiger partial charge in [-0.25, -0.2) is 4.79 Å². The molecule has 0 bridgehead atoms. The zero-order valence-electron chi connectivity index (χ0n) is 10.8. The van der Waals surface area contributed by atoms with E-state index in [1.807, 2.05) is 18.4 Å². The Labute approximate surface area is 116 Å². The summed E-state index contributed by atoms with van der Waals surface area (Å²) in [6.45, 7) is 1.50. The van der Waals surface area contributed by atoms with Crippen molar-refractivity contribution in [2.45, 2.75) is 24.3 Å². The minimum absolute atomic E-state index is 0.0116. The maximum Gasteiger partial charge on any atom is 0.326 e. The standard InChI is InChI=1S/C13H17NO4S/c1-8-3-4-9(19-2)7-10(8)12(16)14-11(5-6-15)13(17)18/h3-4,7,11,15H,5-6H2,1-2H3,(H,14,16)(H,17,18)/t11-/m1/s1. The summed E-state index contributed by atoms with van der Waals surface area (Å²) in [5, 5.41) is 20.1. The lowest BCUT2D eigenvalue weighted by Gasteiger charge is -2.14. The second-order valence-electron chi connectivity index (χ2n) is 4.06. The number of carbonyl (C=O) groups excluding carboxylic acids is 1. The SMILES string of the molecule is CSc1ccc(C)c(C(=O)N[C@H](CCO)C(=O)O)c1. The van der Waals surface area contributed by atoms with Gasteiger partial charge in [0.25, 0.3) is 5.91 Å². The van der Waals surface area contributed by atoms with Gasteiger partial charge in [-0.3, -0.25) is 4.79 Å². The second kappa shape index (κ2) is 7.16. The van der Waals surface area contributed by atoms with Crippen LogP contribution in [0.1, 0.15) is 22.3 Å². The lowest BCUT2D eigenvalue weighted by atomic mass is 10.1. The number of aliphatic carboxylic acids is 1. The van der Waals surface area contributed by atoms with E-state index in [0.717, 1.165) is 10.5 Å². The van der Waals surface area contributed by atoms with Crippen molar-refractivity contribution in [2.75, 3.05) is 12.9 Å². The Morgan fingerprint density at radius 2 is 2.11 bits per heavy atom. The van der Waals surface area contributed by atoms with Gasteiger partial charge in [-0.05, 0) is 30.9 Å². The Balaban J connectivity index is 2.90. The zero-order chi connectivity index (χ0) is 14.4. The van der Waals surface area contributed by atoms with Gasteiger partial charge in [-0.2, -0.15) is 0 Å². The summed E-state index contributed by atoms with van der Waals surface area (Å²) < 4.78 is 0. The second-order valence-corrected chi connectivity index (χ2v) is 4.94. The molecule has 104 valence electrons. The Hall–Kier alpha value is -1.53. The molecule has 0 unspecified atom stereocenters. The first kappa shape index (κ1) is 15.5. The normalized spacial score (nSPS) is 11.9. The molecule has 1 atom stereocenters. The monoisotopic (exact) mass is 283 g/mol. The van der Waals surface area contributed by atoms with Crippen LogP contribution in [0.25, 0.3) is 0 Å². The van der Waals surface area contributed by atoms with Crippen LogP contribution in [0, 0.1) is 6.92 Å². The predicted molar refractivity (Wildman–Crippen MR) is 73.6 cm³/mol. The molecule has 0 aromatic heterocycles. The fraction of sp³-hybridized carbons (Fsp3) is 0.385. The quantitative estimate of drug-likeness (QED) is 0.685. The molecule has 6 heteroatoms. The predicted octanol–water partition coefficient (Wildman–Crippen LogP) is 1.28. The van der Waals surface area contributed by atoms with Crippen molar-refractivity contribution >= 4 is 23.6 Å². The molecule has 0 aliphatic rings. The molecule has 0 heterocycles. The van der Waals surface area contributed by atoms with Gasteiger partial charge >= 0.3 is 5.97 Å². The smallest absolute Gasteiger partial charge is 0.326 e. The van der Waals surface area contributed by atoms with E-state index in [4.69, 9.17) is 10.2 Å². The third-order valence-electron chi connectivity index (χ3n) is 2.71. The molecular weight excluding hydrogens is 266 g/mol. The van der Waals surface area contributed by atoms with E-state index < -0.39 is 17.9 Å². The Morgan fingerprint density at radius 1 is 1.42 bits per heavy atom. The molecule has 19 heavy (non-hydrogen) atoms. The number of hydrogen-bond acceptors (Lipinski definition) is 4. The summed E-state index contributed by atoms with van der Waals surface area (Å²) in [7, 11) is 0. The van der Waals surface area contributed by atoms with Crippen LogP contribution in [0.2, 0.25) is 0 Å². The highest BCUT2D eigenvalue weighted by Crippen LogP contribution is 2.19. The highest BCUT2D eigenvalue weighted by Gasteiger charge is 2.20. The third kappa shape index (κ3) is 4.25. The van der Waals surface area contributed by atoms with Gasteiger partial charge in [0.05, 0.1) is 0 Å². The number of carboxylic acid groups (broad SMARTS) is 1. The van der Waals surface area contributed by atoms with E-state index in [2.05, 4.69) is 5.32 Å². The summed E-state index contributed by atoms with van der Waals surface area (Å²) in [6, 6.07) is 4.38. The van der Waals surface area contributed by atoms with Gasteiger partial charge in [0.15, 0.2) is 0 Å². The summed E-state index contributed by atoms with van der Waals surface area (Å²) in [5.74, 6) is -1.59. The molecule has 0 aliphatic carbocycles. The molecular formula is C13H17NO4S. The Bertz CT molecular complexity index is 476. The van der Waals surface area contributed by atoms with E-state index in [1.165, 1.54) is 11.8 Å². The fourth-order valence-electron chi connectivity index (χ4n) is 1.60. The average molecular weight is 283 g/mol. The lowest BCUT2D eigenvalue weighted by molar-refractivity contribution is -0.139. The zero-order valence-corrected chi connectivity index (χ0v) is 11.7. The van der Waals surface area contributed by atoms with Gasteiger partial charge in [0.2, 0.25) is 0 Å². The highest BCUT2D eigenvalue weighted by molar-refractivity contribution is 7.98. The van der Waals surface area contributed by atoms with Crippen molar-refractivity contribution in [1.82, 2.24) is 5.32 Å². The van der Waals surface area contributed by atoms with Crippen molar-refractivity contribution in [3.05, 3.63) is 29.3 Å². The molecule has 3 N–H and O–H groups in total. The van der Waals surface area contributed by atoms with Crippen LogP contribution in [0.3, 0.4) is 0 Å². The number of aliphatic hydroxyl groups excluding tert-OH is 1. The van der Waals surface area contributed by atoms with Crippen molar-refractivity contribution in [2.24, 2.45) is 0 Å². The largest absolute Gasteiger partial charge is 0.480 e. The molecule has 0 radical (unpaired) electrons. The van der Waals surface area contributed by atoms with E-state index in [1.54, 1.807) is 13.0 Å².